The molecule has 1 N–H and O–H groups in total. The third-order valence-electron chi connectivity index (χ3n) is 3.43. The minimum Gasteiger partial charge on any atom is -0.392 e. The third kappa shape index (κ3) is 8.51. The smallest absolute Gasteiger partial charge is 0.158 e. The van der Waals surface area contributed by atoms with Gasteiger partial charge in [0.05, 0.1) is 12.7 Å². The Balaban J connectivity index is 2.35. The average Bonchev–Trinajstić information content (AvgIpc) is 2.48. The van der Waals surface area contributed by atoms with Crippen molar-refractivity contribution in [3.05, 3.63) is 24.3 Å². The van der Waals surface area contributed by atoms with Crippen molar-refractivity contribution >= 4 is 0 Å². The Hall–Kier alpha value is -0.640. The zero-order valence-corrected chi connectivity index (χ0v) is 12.8. The van der Waals surface area contributed by atoms with Gasteiger partial charge in [0.25, 0.3) is 0 Å². The van der Waals surface area contributed by atoms with Crippen molar-refractivity contribution in [2.24, 2.45) is 0 Å². The van der Waals surface area contributed by atoms with E-state index in [4.69, 9.17) is 14.6 Å². The van der Waals surface area contributed by atoms with Gasteiger partial charge < -0.3 is 14.6 Å². The maximum absolute atomic E-state index is 8.80. The largest absolute Gasteiger partial charge is 0.392 e. The highest BCUT2D eigenvalue weighted by molar-refractivity contribution is 4.95. The summed E-state index contributed by atoms with van der Waals surface area (Å²) in [6.07, 6.45) is 17.1. The van der Waals surface area contributed by atoms with Crippen LogP contribution in [0.25, 0.3) is 0 Å². The highest BCUT2D eigenvalue weighted by Gasteiger charge is 2.17. The molecule has 116 valence electrons. The molecule has 2 atom stereocenters. The maximum Gasteiger partial charge on any atom is 0.158 e. The van der Waals surface area contributed by atoms with Crippen molar-refractivity contribution in [1.82, 2.24) is 0 Å². The normalized spacial score (nSPS) is 21.8. The fraction of sp³-hybridized carbons (Fsp3) is 0.765. The average molecular weight is 282 g/mol. The van der Waals surface area contributed by atoms with Gasteiger partial charge >= 0.3 is 0 Å². The molecule has 3 heteroatoms. The van der Waals surface area contributed by atoms with E-state index in [1.54, 1.807) is 6.08 Å². The second-order valence-corrected chi connectivity index (χ2v) is 5.28. The van der Waals surface area contributed by atoms with Gasteiger partial charge in [-0.3, -0.25) is 0 Å². The van der Waals surface area contributed by atoms with Crippen molar-refractivity contribution in [2.75, 3.05) is 13.2 Å². The Kier molecular flexibility index (Phi) is 10.6. The van der Waals surface area contributed by atoms with Gasteiger partial charge in [-0.05, 0) is 38.5 Å². The summed E-state index contributed by atoms with van der Waals surface area (Å²) in [5.41, 5.74) is 0. The van der Waals surface area contributed by atoms with Crippen LogP contribution in [0.3, 0.4) is 0 Å². The van der Waals surface area contributed by atoms with Gasteiger partial charge in [0.1, 0.15) is 0 Å². The monoisotopic (exact) mass is 282 g/mol. The quantitative estimate of drug-likeness (QED) is 0.486. The number of hydrogen-bond donors (Lipinski definition) is 1. The van der Waals surface area contributed by atoms with E-state index in [1.165, 1.54) is 25.7 Å². The lowest BCUT2D eigenvalue weighted by molar-refractivity contribution is -0.177. The topological polar surface area (TPSA) is 38.7 Å². The van der Waals surface area contributed by atoms with Crippen LogP contribution in [0.2, 0.25) is 0 Å². The Morgan fingerprint density at radius 3 is 2.85 bits per heavy atom. The molecule has 0 amide bonds. The van der Waals surface area contributed by atoms with Crippen molar-refractivity contribution in [2.45, 2.75) is 70.7 Å². The highest BCUT2D eigenvalue weighted by atomic mass is 16.7. The molecule has 0 bridgehead atoms. The van der Waals surface area contributed by atoms with Crippen LogP contribution < -0.4 is 0 Å². The van der Waals surface area contributed by atoms with Crippen molar-refractivity contribution in [3.8, 4) is 0 Å². The van der Waals surface area contributed by atoms with Crippen molar-refractivity contribution in [1.29, 1.82) is 0 Å². The summed E-state index contributed by atoms with van der Waals surface area (Å²) in [6, 6.07) is 0. The van der Waals surface area contributed by atoms with E-state index in [-0.39, 0.29) is 19.0 Å². The van der Waals surface area contributed by atoms with Crippen LogP contribution >= 0.6 is 0 Å². The van der Waals surface area contributed by atoms with E-state index in [0.717, 1.165) is 32.3 Å². The van der Waals surface area contributed by atoms with Crippen LogP contribution in [-0.4, -0.2) is 30.7 Å². The molecule has 1 aliphatic rings. The first kappa shape index (κ1) is 17.4. The molecule has 0 aromatic rings. The Labute approximate surface area is 123 Å². The van der Waals surface area contributed by atoms with Crippen LogP contribution in [0.1, 0.15) is 58.3 Å². The summed E-state index contributed by atoms with van der Waals surface area (Å²) < 4.78 is 11.6. The maximum atomic E-state index is 8.80. The van der Waals surface area contributed by atoms with Gasteiger partial charge in [-0.15, -0.1) is 0 Å². The number of hydrogen-bond acceptors (Lipinski definition) is 3. The lowest BCUT2D eigenvalue weighted by Crippen LogP contribution is -2.26. The van der Waals surface area contributed by atoms with E-state index in [9.17, 15) is 0 Å². The fourth-order valence-corrected chi connectivity index (χ4v) is 2.26. The van der Waals surface area contributed by atoms with Gasteiger partial charge in [-0.25, -0.2) is 0 Å². The third-order valence-corrected chi connectivity index (χ3v) is 3.43. The van der Waals surface area contributed by atoms with Crippen LogP contribution in [-0.2, 0) is 9.47 Å². The standard InChI is InChI=1S/C17H30O3/c1-2-3-4-5-6-11-16(12-7-9-14-18)20-17-13-8-10-15-19-17/h6-7,9,11,16-18H,2-5,8,10,12-15H2,1H3/b9-7+,11-6+. The van der Waals surface area contributed by atoms with Gasteiger partial charge in [-0.2, -0.15) is 0 Å². The van der Waals surface area contributed by atoms with Gasteiger partial charge in [0.15, 0.2) is 6.29 Å². The summed E-state index contributed by atoms with van der Waals surface area (Å²) in [7, 11) is 0. The van der Waals surface area contributed by atoms with Gasteiger partial charge in [-0.1, -0.05) is 44.1 Å². The van der Waals surface area contributed by atoms with E-state index >= 15 is 0 Å². The molecule has 1 rings (SSSR count). The second kappa shape index (κ2) is 12.1. The molecule has 0 saturated carbocycles. The molecule has 20 heavy (non-hydrogen) atoms. The fourth-order valence-electron chi connectivity index (χ4n) is 2.26. The number of rotatable bonds is 10. The first-order chi connectivity index (χ1) is 9.86. The number of ether oxygens (including phenoxy) is 2. The summed E-state index contributed by atoms with van der Waals surface area (Å²) in [5, 5.41) is 8.80. The van der Waals surface area contributed by atoms with Crippen molar-refractivity contribution < 1.29 is 14.6 Å². The Bertz CT molecular complexity index is 267. The first-order valence-electron chi connectivity index (χ1n) is 8.06. The predicted molar refractivity (Wildman–Crippen MR) is 82.6 cm³/mol. The highest BCUT2D eigenvalue weighted by Crippen LogP contribution is 2.17. The molecule has 1 saturated heterocycles. The number of aliphatic hydroxyl groups excluding tert-OH is 1. The molecular formula is C17H30O3. The molecular weight excluding hydrogens is 252 g/mol. The lowest BCUT2D eigenvalue weighted by Gasteiger charge is -2.26. The second-order valence-electron chi connectivity index (χ2n) is 5.28. The van der Waals surface area contributed by atoms with E-state index < -0.39 is 0 Å². The molecule has 0 radical (unpaired) electrons. The van der Waals surface area contributed by atoms with Crippen LogP contribution in [0.15, 0.2) is 24.3 Å². The summed E-state index contributed by atoms with van der Waals surface area (Å²) in [5.74, 6) is 0. The molecule has 1 fully saturated rings. The summed E-state index contributed by atoms with van der Waals surface area (Å²) >= 11 is 0. The first-order valence-corrected chi connectivity index (χ1v) is 8.06. The minimum atomic E-state index is -0.0587. The zero-order valence-electron chi connectivity index (χ0n) is 12.8. The van der Waals surface area contributed by atoms with Gasteiger partial charge in [0.2, 0.25) is 0 Å². The molecule has 2 unspecified atom stereocenters. The molecule has 0 aromatic carbocycles. The zero-order chi connectivity index (χ0) is 14.5. The van der Waals surface area contributed by atoms with E-state index in [0.29, 0.717) is 0 Å². The van der Waals surface area contributed by atoms with E-state index in [2.05, 4.69) is 19.1 Å². The summed E-state index contributed by atoms with van der Waals surface area (Å²) in [4.78, 5) is 0. The number of aliphatic hydroxyl groups is 1. The van der Waals surface area contributed by atoms with E-state index in [1.807, 2.05) is 6.08 Å². The molecule has 3 nitrogen and oxygen atoms in total. The molecule has 0 spiro atoms. The molecule has 0 aliphatic carbocycles. The van der Waals surface area contributed by atoms with Crippen LogP contribution in [0.5, 0.6) is 0 Å². The van der Waals surface area contributed by atoms with Crippen LogP contribution in [0, 0.1) is 0 Å². The SMILES string of the molecule is CCCCC/C=C/C(C/C=C/CO)OC1CCCCO1. The number of unbranched alkanes of at least 4 members (excludes halogenated alkanes) is 3. The Morgan fingerprint density at radius 1 is 1.25 bits per heavy atom. The predicted octanol–water partition coefficient (Wildman–Crippen LogP) is 3.97. The molecule has 1 heterocycles. The minimum absolute atomic E-state index is 0.0579. The van der Waals surface area contributed by atoms with Gasteiger partial charge in [0, 0.05) is 6.61 Å². The lowest BCUT2D eigenvalue weighted by atomic mass is 10.1. The molecule has 0 aromatic heterocycles. The molecule has 1 aliphatic heterocycles. The number of allylic oxidation sites excluding steroid dienone is 1. The van der Waals surface area contributed by atoms with Crippen molar-refractivity contribution in [3.63, 3.8) is 0 Å². The van der Waals surface area contributed by atoms with Crippen LogP contribution in [0.4, 0.5) is 0 Å². The Morgan fingerprint density at radius 2 is 2.15 bits per heavy atom. The summed E-state index contributed by atoms with van der Waals surface area (Å²) in [6.45, 7) is 3.12.